The third-order valence-corrected chi connectivity index (χ3v) is 3.64. The second-order valence-corrected chi connectivity index (χ2v) is 5.10. The first kappa shape index (κ1) is 14.5. The number of nitrogens with zero attached hydrogens (tertiary/aromatic N) is 2. The third-order valence-electron chi connectivity index (χ3n) is 2.75. The van der Waals surface area contributed by atoms with Crippen molar-refractivity contribution in [3.8, 4) is 0 Å². The molecule has 0 aliphatic carbocycles. The zero-order chi connectivity index (χ0) is 14.7. The van der Waals surface area contributed by atoms with Crippen LogP contribution in [-0.4, -0.2) is 46.1 Å². The number of ether oxygens (including phenoxy) is 1. The molecule has 0 spiro atoms. The fourth-order valence-electron chi connectivity index (χ4n) is 1.80. The summed E-state index contributed by atoms with van der Waals surface area (Å²) in [6.45, 7) is 1.38. The summed E-state index contributed by atoms with van der Waals surface area (Å²) in [5.41, 5.74) is 1.66. The molecule has 2 rings (SSSR count). The number of aryl methyl sites for hydroxylation is 1. The summed E-state index contributed by atoms with van der Waals surface area (Å²) in [7, 11) is 1.20. The molecule has 2 aromatic heterocycles. The van der Waals surface area contributed by atoms with Crippen molar-refractivity contribution in [2.75, 3.05) is 13.7 Å². The molecule has 2 aromatic rings. The van der Waals surface area contributed by atoms with E-state index in [1.807, 2.05) is 22.9 Å². The van der Waals surface area contributed by atoms with E-state index < -0.39 is 18.6 Å². The molecule has 2 N–H and O–H groups in total. The summed E-state index contributed by atoms with van der Waals surface area (Å²) in [6.07, 6.45) is 1.95. The molecule has 0 aliphatic rings. The fourth-order valence-corrected chi connectivity index (χ4v) is 2.72. The van der Waals surface area contributed by atoms with Crippen LogP contribution in [0.15, 0.2) is 11.6 Å². The Kier molecular flexibility index (Phi) is 4.35. The topological polar surface area (TPSA) is 92.9 Å². The van der Waals surface area contributed by atoms with Gasteiger partial charge >= 0.3 is 5.97 Å². The van der Waals surface area contributed by atoms with Gasteiger partial charge in [-0.2, -0.15) is 0 Å². The molecule has 1 unspecified atom stereocenters. The largest absolute Gasteiger partial charge is 0.467 e. The Morgan fingerprint density at radius 1 is 1.60 bits per heavy atom. The number of fused-ring (bicyclic) bond motifs is 1. The number of aliphatic hydroxyl groups is 1. The van der Waals surface area contributed by atoms with Gasteiger partial charge in [0.25, 0.3) is 0 Å². The smallest absolute Gasteiger partial charge is 0.330 e. The molecule has 2 heterocycles. The van der Waals surface area contributed by atoms with E-state index in [1.165, 1.54) is 18.4 Å². The van der Waals surface area contributed by atoms with E-state index in [-0.39, 0.29) is 12.3 Å². The summed E-state index contributed by atoms with van der Waals surface area (Å²) in [5.74, 6) is -1.03. The lowest BCUT2D eigenvalue weighted by Crippen LogP contribution is -2.44. The molecule has 0 bridgehead atoms. The number of amides is 1. The maximum atomic E-state index is 11.9. The molecular weight excluding hydrogens is 282 g/mol. The van der Waals surface area contributed by atoms with Gasteiger partial charge in [-0.25, -0.2) is 9.78 Å². The van der Waals surface area contributed by atoms with Gasteiger partial charge in [-0.3, -0.25) is 9.20 Å². The maximum Gasteiger partial charge on any atom is 0.330 e. The zero-order valence-corrected chi connectivity index (χ0v) is 11.9. The van der Waals surface area contributed by atoms with E-state index in [0.717, 1.165) is 16.3 Å². The van der Waals surface area contributed by atoms with Crippen molar-refractivity contribution in [3.05, 3.63) is 23.0 Å². The van der Waals surface area contributed by atoms with Gasteiger partial charge in [0, 0.05) is 17.3 Å². The van der Waals surface area contributed by atoms with Crippen LogP contribution in [0.4, 0.5) is 0 Å². The molecular formula is C12H15N3O4S. The van der Waals surface area contributed by atoms with Gasteiger partial charge in [0.1, 0.15) is 0 Å². The molecule has 0 saturated heterocycles. The van der Waals surface area contributed by atoms with Crippen molar-refractivity contribution in [2.24, 2.45) is 0 Å². The van der Waals surface area contributed by atoms with Crippen molar-refractivity contribution >= 4 is 28.2 Å². The molecule has 7 nitrogen and oxygen atoms in total. The van der Waals surface area contributed by atoms with Gasteiger partial charge in [-0.05, 0) is 6.92 Å². The molecule has 1 amide bonds. The van der Waals surface area contributed by atoms with Crippen LogP contribution < -0.4 is 5.32 Å². The van der Waals surface area contributed by atoms with Crippen LogP contribution in [-0.2, 0) is 20.7 Å². The first-order valence-electron chi connectivity index (χ1n) is 5.95. The average Bonchev–Trinajstić information content (AvgIpc) is 2.95. The number of nitrogens with one attached hydrogen (secondary N) is 1. The van der Waals surface area contributed by atoms with Crippen LogP contribution in [0.5, 0.6) is 0 Å². The Bertz CT molecular complexity index is 634. The van der Waals surface area contributed by atoms with E-state index in [9.17, 15) is 9.59 Å². The third kappa shape index (κ3) is 2.97. The highest BCUT2D eigenvalue weighted by molar-refractivity contribution is 7.15. The summed E-state index contributed by atoms with van der Waals surface area (Å²) in [6, 6.07) is -1.04. The number of carbonyl (C=O) groups excluding carboxylic acids is 2. The van der Waals surface area contributed by atoms with Gasteiger partial charge in [-0.1, -0.05) is 0 Å². The lowest BCUT2D eigenvalue weighted by Gasteiger charge is -2.13. The molecule has 0 saturated carbocycles. The van der Waals surface area contributed by atoms with Crippen molar-refractivity contribution < 1.29 is 19.4 Å². The number of aromatic nitrogens is 2. The van der Waals surface area contributed by atoms with Crippen LogP contribution in [0.2, 0.25) is 0 Å². The number of thiazole rings is 1. The van der Waals surface area contributed by atoms with Crippen molar-refractivity contribution in [2.45, 2.75) is 19.4 Å². The SMILES string of the molecule is COC(=O)C(CO)NC(=O)Cc1csc2nc(C)cn12. The normalized spacial score (nSPS) is 12.3. The Morgan fingerprint density at radius 2 is 2.35 bits per heavy atom. The van der Waals surface area contributed by atoms with Gasteiger partial charge < -0.3 is 15.2 Å². The number of carbonyl (C=O) groups is 2. The molecule has 0 aliphatic heterocycles. The number of hydrogen-bond acceptors (Lipinski definition) is 6. The minimum atomic E-state index is -1.04. The first-order valence-corrected chi connectivity index (χ1v) is 6.83. The zero-order valence-electron chi connectivity index (χ0n) is 11.1. The predicted molar refractivity (Wildman–Crippen MR) is 72.5 cm³/mol. The van der Waals surface area contributed by atoms with E-state index >= 15 is 0 Å². The Morgan fingerprint density at radius 3 is 3.00 bits per heavy atom. The van der Waals surface area contributed by atoms with Crippen LogP contribution in [0.1, 0.15) is 11.4 Å². The Hall–Kier alpha value is -1.93. The molecule has 1 atom stereocenters. The molecule has 0 radical (unpaired) electrons. The average molecular weight is 297 g/mol. The predicted octanol–water partition coefficient (Wildman–Crippen LogP) is -0.103. The molecule has 0 aromatic carbocycles. The van der Waals surface area contributed by atoms with Gasteiger partial charge in [0.15, 0.2) is 11.0 Å². The number of imidazole rings is 1. The van der Waals surface area contributed by atoms with Crippen molar-refractivity contribution in [1.82, 2.24) is 14.7 Å². The van der Waals surface area contributed by atoms with Crippen molar-refractivity contribution in [1.29, 1.82) is 0 Å². The van der Waals surface area contributed by atoms with Crippen LogP contribution in [0.3, 0.4) is 0 Å². The molecule has 0 fully saturated rings. The summed E-state index contributed by atoms with van der Waals surface area (Å²) in [5, 5.41) is 13.3. The van der Waals surface area contributed by atoms with Crippen molar-refractivity contribution in [3.63, 3.8) is 0 Å². The summed E-state index contributed by atoms with van der Waals surface area (Å²) in [4.78, 5) is 28.3. The number of esters is 1. The fraction of sp³-hybridized carbons (Fsp3) is 0.417. The highest BCUT2D eigenvalue weighted by Crippen LogP contribution is 2.16. The highest BCUT2D eigenvalue weighted by Gasteiger charge is 2.21. The second-order valence-electron chi connectivity index (χ2n) is 4.26. The van der Waals surface area contributed by atoms with Crippen LogP contribution in [0, 0.1) is 6.92 Å². The number of rotatable bonds is 5. The molecule has 20 heavy (non-hydrogen) atoms. The molecule has 8 heteroatoms. The summed E-state index contributed by atoms with van der Waals surface area (Å²) >= 11 is 1.44. The highest BCUT2D eigenvalue weighted by atomic mass is 32.1. The number of methoxy groups -OCH3 is 1. The summed E-state index contributed by atoms with van der Waals surface area (Å²) < 4.78 is 6.33. The van der Waals surface area contributed by atoms with Gasteiger partial charge in [0.2, 0.25) is 5.91 Å². The van der Waals surface area contributed by atoms with Gasteiger partial charge in [0.05, 0.1) is 25.8 Å². The van der Waals surface area contributed by atoms with E-state index in [1.54, 1.807) is 0 Å². The lowest BCUT2D eigenvalue weighted by atomic mass is 10.2. The lowest BCUT2D eigenvalue weighted by molar-refractivity contribution is -0.146. The van der Waals surface area contributed by atoms with Crippen LogP contribution >= 0.6 is 11.3 Å². The quantitative estimate of drug-likeness (QED) is 0.752. The van der Waals surface area contributed by atoms with Crippen LogP contribution in [0.25, 0.3) is 4.96 Å². The van der Waals surface area contributed by atoms with E-state index in [0.29, 0.717) is 0 Å². The Labute approximate surface area is 119 Å². The second kappa shape index (κ2) is 6.02. The number of hydrogen-bond donors (Lipinski definition) is 2. The standard InChI is InChI=1S/C12H15N3O4S/c1-7-4-15-8(6-20-12(15)13-7)3-10(17)14-9(5-16)11(18)19-2/h4,6,9,16H,3,5H2,1-2H3,(H,14,17). The Balaban J connectivity index is 2.05. The number of aliphatic hydroxyl groups excluding tert-OH is 1. The minimum absolute atomic E-state index is 0.100. The minimum Gasteiger partial charge on any atom is -0.467 e. The first-order chi connectivity index (χ1) is 9.55. The van der Waals surface area contributed by atoms with E-state index in [4.69, 9.17) is 5.11 Å². The van der Waals surface area contributed by atoms with E-state index in [2.05, 4.69) is 15.0 Å². The maximum absolute atomic E-state index is 11.9. The molecule has 108 valence electrons. The van der Waals surface area contributed by atoms with Gasteiger partial charge in [-0.15, -0.1) is 11.3 Å². The monoisotopic (exact) mass is 297 g/mol.